The van der Waals surface area contributed by atoms with Crippen LogP contribution in [0.3, 0.4) is 0 Å². The first-order valence-corrected chi connectivity index (χ1v) is 10.0. The number of likely N-dealkylation sites (tertiary alicyclic amines) is 1. The van der Waals surface area contributed by atoms with Crippen molar-refractivity contribution in [3.8, 4) is 5.69 Å². The second kappa shape index (κ2) is 8.17. The Morgan fingerprint density at radius 2 is 1.86 bits per heavy atom. The minimum atomic E-state index is -0.809. The van der Waals surface area contributed by atoms with E-state index >= 15 is 0 Å². The van der Waals surface area contributed by atoms with Gasteiger partial charge >= 0.3 is 5.97 Å². The van der Waals surface area contributed by atoms with Crippen molar-refractivity contribution in [2.45, 2.75) is 71.9 Å². The SMILES string of the molecule is CCC1CCC(C)N1C(=O)c1ccc(-n2nc(C)c(CCC(=O)O)c2C)cc1. The molecule has 0 spiro atoms. The van der Waals surface area contributed by atoms with E-state index in [1.807, 2.05) is 47.7 Å². The molecule has 1 amide bonds. The first kappa shape index (κ1) is 20.1. The zero-order valence-electron chi connectivity index (χ0n) is 17.1. The van der Waals surface area contributed by atoms with E-state index in [2.05, 4.69) is 18.9 Å². The van der Waals surface area contributed by atoms with Gasteiger partial charge in [-0.1, -0.05) is 6.92 Å². The van der Waals surface area contributed by atoms with E-state index in [-0.39, 0.29) is 18.4 Å². The molecule has 1 aromatic carbocycles. The lowest BCUT2D eigenvalue weighted by molar-refractivity contribution is -0.136. The van der Waals surface area contributed by atoms with Crippen LogP contribution in [0, 0.1) is 13.8 Å². The lowest BCUT2D eigenvalue weighted by atomic mass is 10.1. The molecule has 6 heteroatoms. The number of rotatable bonds is 6. The number of aryl methyl sites for hydroxylation is 1. The second-order valence-corrected chi connectivity index (χ2v) is 7.70. The quantitative estimate of drug-likeness (QED) is 0.821. The molecule has 2 heterocycles. The van der Waals surface area contributed by atoms with Crippen LogP contribution in [-0.4, -0.2) is 43.7 Å². The summed E-state index contributed by atoms with van der Waals surface area (Å²) in [6.45, 7) is 8.11. The van der Waals surface area contributed by atoms with Gasteiger partial charge in [-0.05, 0) is 76.3 Å². The van der Waals surface area contributed by atoms with E-state index in [1.54, 1.807) is 0 Å². The summed E-state index contributed by atoms with van der Waals surface area (Å²) >= 11 is 0. The molecule has 1 fully saturated rings. The molecule has 150 valence electrons. The summed E-state index contributed by atoms with van der Waals surface area (Å²) in [6.07, 6.45) is 3.68. The van der Waals surface area contributed by atoms with Gasteiger partial charge in [0.2, 0.25) is 0 Å². The Morgan fingerprint density at radius 1 is 1.18 bits per heavy atom. The molecule has 28 heavy (non-hydrogen) atoms. The Labute approximate surface area is 166 Å². The van der Waals surface area contributed by atoms with Crippen LogP contribution in [0.15, 0.2) is 24.3 Å². The maximum Gasteiger partial charge on any atom is 0.303 e. The third-order valence-electron chi connectivity index (χ3n) is 5.88. The summed E-state index contributed by atoms with van der Waals surface area (Å²) in [6, 6.07) is 8.16. The van der Waals surface area contributed by atoms with Crippen LogP contribution in [0.2, 0.25) is 0 Å². The molecule has 1 aromatic heterocycles. The summed E-state index contributed by atoms with van der Waals surface area (Å²) in [5.74, 6) is -0.713. The van der Waals surface area contributed by atoms with Gasteiger partial charge in [-0.2, -0.15) is 5.10 Å². The number of carbonyl (C=O) groups is 2. The zero-order valence-corrected chi connectivity index (χ0v) is 17.1. The number of hydrogen-bond donors (Lipinski definition) is 1. The molecule has 1 aliphatic rings. The molecule has 1 N–H and O–H groups in total. The average molecular weight is 383 g/mol. The van der Waals surface area contributed by atoms with Gasteiger partial charge in [0.05, 0.1) is 11.4 Å². The minimum Gasteiger partial charge on any atom is -0.481 e. The zero-order chi connectivity index (χ0) is 20.4. The van der Waals surface area contributed by atoms with Crippen molar-refractivity contribution in [2.24, 2.45) is 0 Å². The van der Waals surface area contributed by atoms with Gasteiger partial charge in [0.25, 0.3) is 5.91 Å². The van der Waals surface area contributed by atoms with Crippen molar-refractivity contribution in [2.75, 3.05) is 0 Å². The Kier molecular flexibility index (Phi) is 5.87. The third kappa shape index (κ3) is 3.81. The number of amides is 1. The maximum atomic E-state index is 13.0. The van der Waals surface area contributed by atoms with Crippen LogP contribution < -0.4 is 0 Å². The molecule has 2 unspecified atom stereocenters. The van der Waals surface area contributed by atoms with Crippen LogP contribution in [-0.2, 0) is 11.2 Å². The van der Waals surface area contributed by atoms with Crippen LogP contribution in [0.1, 0.15) is 66.8 Å². The summed E-state index contributed by atoms with van der Waals surface area (Å²) < 4.78 is 1.83. The fraction of sp³-hybridized carbons (Fsp3) is 0.500. The van der Waals surface area contributed by atoms with E-state index in [9.17, 15) is 9.59 Å². The topological polar surface area (TPSA) is 75.4 Å². The van der Waals surface area contributed by atoms with E-state index in [1.165, 1.54) is 0 Å². The predicted octanol–water partition coefficient (Wildman–Crippen LogP) is 3.91. The monoisotopic (exact) mass is 383 g/mol. The van der Waals surface area contributed by atoms with Crippen molar-refractivity contribution in [3.05, 3.63) is 46.8 Å². The molecule has 0 saturated carbocycles. The van der Waals surface area contributed by atoms with Crippen molar-refractivity contribution in [1.82, 2.24) is 14.7 Å². The third-order valence-corrected chi connectivity index (χ3v) is 5.88. The maximum absolute atomic E-state index is 13.0. The highest BCUT2D eigenvalue weighted by Gasteiger charge is 2.33. The van der Waals surface area contributed by atoms with E-state index in [0.29, 0.717) is 18.0 Å². The Balaban J connectivity index is 1.82. The van der Waals surface area contributed by atoms with Crippen molar-refractivity contribution in [1.29, 1.82) is 0 Å². The molecular weight excluding hydrogens is 354 g/mol. The standard InChI is InChI=1S/C22H29N3O3/c1-5-18-9-6-14(2)24(18)22(28)17-7-10-19(11-8-17)25-16(4)20(15(3)23-25)12-13-21(26)27/h7-8,10-11,14,18H,5-6,9,12-13H2,1-4H3,(H,26,27). The largest absolute Gasteiger partial charge is 0.481 e. The molecule has 1 saturated heterocycles. The van der Waals surface area contributed by atoms with Crippen molar-refractivity contribution < 1.29 is 14.7 Å². The summed E-state index contributed by atoms with van der Waals surface area (Å²) in [5, 5.41) is 13.5. The van der Waals surface area contributed by atoms with E-state index in [0.717, 1.165) is 41.9 Å². The van der Waals surface area contributed by atoms with Gasteiger partial charge < -0.3 is 10.0 Å². The highest BCUT2D eigenvalue weighted by molar-refractivity contribution is 5.95. The normalized spacial score (nSPS) is 19.2. The van der Waals surface area contributed by atoms with Gasteiger partial charge in [-0.15, -0.1) is 0 Å². The summed E-state index contributed by atoms with van der Waals surface area (Å²) in [5.41, 5.74) is 4.33. The molecule has 2 atom stereocenters. The fourth-order valence-corrected chi connectivity index (χ4v) is 4.25. The molecule has 2 aromatic rings. The van der Waals surface area contributed by atoms with Crippen LogP contribution in [0.5, 0.6) is 0 Å². The Hall–Kier alpha value is -2.63. The lowest BCUT2D eigenvalue weighted by Gasteiger charge is -2.28. The number of carboxylic acid groups (broad SMARTS) is 1. The molecule has 0 aliphatic carbocycles. The van der Waals surface area contributed by atoms with Crippen LogP contribution in [0.4, 0.5) is 0 Å². The second-order valence-electron chi connectivity index (χ2n) is 7.70. The van der Waals surface area contributed by atoms with Gasteiger partial charge in [-0.25, -0.2) is 4.68 Å². The first-order chi connectivity index (χ1) is 13.3. The smallest absolute Gasteiger partial charge is 0.303 e. The lowest BCUT2D eigenvalue weighted by Crippen LogP contribution is -2.39. The average Bonchev–Trinajstić information content (AvgIpc) is 3.18. The van der Waals surface area contributed by atoms with Gasteiger partial charge in [-0.3, -0.25) is 9.59 Å². The number of carboxylic acids is 1. The number of aliphatic carboxylic acids is 1. The molecule has 0 bridgehead atoms. The minimum absolute atomic E-state index is 0.0907. The summed E-state index contributed by atoms with van der Waals surface area (Å²) in [7, 11) is 0. The molecule has 6 nitrogen and oxygen atoms in total. The molecule has 0 radical (unpaired) electrons. The van der Waals surface area contributed by atoms with Gasteiger partial charge in [0.15, 0.2) is 0 Å². The van der Waals surface area contributed by atoms with Crippen LogP contribution >= 0.6 is 0 Å². The fourth-order valence-electron chi connectivity index (χ4n) is 4.25. The molecular formula is C22H29N3O3. The van der Waals surface area contributed by atoms with E-state index < -0.39 is 5.97 Å². The highest BCUT2D eigenvalue weighted by Crippen LogP contribution is 2.28. The number of carbonyl (C=O) groups excluding carboxylic acids is 1. The predicted molar refractivity (Wildman–Crippen MR) is 108 cm³/mol. The van der Waals surface area contributed by atoms with Crippen LogP contribution in [0.25, 0.3) is 5.69 Å². The number of benzene rings is 1. The molecule has 1 aliphatic heterocycles. The number of nitrogens with zero attached hydrogens (tertiary/aromatic N) is 3. The van der Waals surface area contributed by atoms with Gasteiger partial charge in [0.1, 0.15) is 0 Å². The number of hydrogen-bond acceptors (Lipinski definition) is 3. The Bertz CT molecular complexity index is 870. The highest BCUT2D eigenvalue weighted by atomic mass is 16.4. The first-order valence-electron chi connectivity index (χ1n) is 10.0. The summed E-state index contributed by atoms with van der Waals surface area (Å²) in [4.78, 5) is 25.9. The van der Waals surface area contributed by atoms with Gasteiger partial charge in [0, 0.05) is 29.8 Å². The van der Waals surface area contributed by atoms with Crippen molar-refractivity contribution in [3.63, 3.8) is 0 Å². The van der Waals surface area contributed by atoms with E-state index in [4.69, 9.17) is 5.11 Å². The number of aromatic nitrogens is 2. The van der Waals surface area contributed by atoms with Crippen molar-refractivity contribution >= 4 is 11.9 Å². The Morgan fingerprint density at radius 3 is 2.46 bits per heavy atom. The molecule has 3 rings (SSSR count).